The van der Waals surface area contributed by atoms with Gasteiger partial charge in [0.25, 0.3) is 0 Å². The molecule has 3 atom stereocenters. The molecule has 0 aromatic carbocycles. The minimum Gasteiger partial charge on any atom is -0.394 e. The summed E-state index contributed by atoms with van der Waals surface area (Å²) in [5.74, 6) is 0. The second kappa shape index (κ2) is 2.69. The molecule has 1 heterocycles. The van der Waals surface area contributed by atoms with Crippen molar-refractivity contribution in [2.75, 3.05) is 6.61 Å². The van der Waals surface area contributed by atoms with Crippen LogP contribution in [0.1, 0.15) is 6.42 Å². The summed E-state index contributed by atoms with van der Waals surface area (Å²) in [5, 5.41) is 17.5. The monoisotopic (exact) mass is 128 g/mol. The Morgan fingerprint density at radius 2 is 2.33 bits per heavy atom. The number of hydrogen-bond acceptors (Lipinski definition) is 3. The predicted molar refractivity (Wildman–Crippen MR) is 32.1 cm³/mol. The first-order chi connectivity index (χ1) is 4.24. The van der Waals surface area contributed by atoms with Gasteiger partial charge in [0.15, 0.2) is 0 Å². The quantitative estimate of drug-likeness (QED) is 0.428. The molecule has 3 nitrogen and oxygen atoms in total. The fourth-order valence-electron chi connectivity index (χ4n) is 0.925. The Morgan fingerprint density at radius 1 is 1.67 bits per heavy atom. The maximum absolute atomic E-state index is 8.99. The van der Waals surface area contributed by atoms with Crippen LogP contribution in [-0.2, 0) is 4.74 Å². The summed E-state index contributed by atoms with van der Waals surface area (Å²) in [6.07, 6.45) is -0.643. The van der Waals surface area contributed by atoms with Crippen molar-refractivity contribution in [1.29, 1.82) is 0 Å². The molecular formula is C5H9BO3. The maximum Gasteiger partial charge on any atom is 0.109 e. The van der Waals surface area contributed by atoms with Gasteiger partial charge < -0.3 is 14.9 Å². The molecule has 1 rings (SSSR count). The molecule has 4 heteroatoms. The molecule has 50 valence electrons. The van der Waals surface area contributed by atoms with Gasteiger partial charge in [0.2, 0.25) is 0 Å². The summed E-state index contributed by atoms with van der Waals surface area (Å²) < 4.78 is 4.90. The van der Waals surface area contributed by atoms with Gasteiger partial charge in [0.05, 0.1) is 12.7 Å². The van der Waals surface area contributed by atoms with Crippen LogP contribution in [0.4, 0.5) is 0 Å². The molecule has 9 heavy (non-hydrogen) atoms. The third-order valence-electron chi connectivity index (χ3n) is 1.43. The lowest BCUT2D eigenvalue weighted by Gasteiger charge is -2.09. The molecule has 2 radical (unpaired) electrons. The second-order valence-corrected chi connectivity index (χ2v) is 2.20. The Labute approximate surface area is 55.0 Å². The Balaban J connectivity index is 2.38. The molecule has 1 fully saturated rings. The van der Waals surface area contributed by atoms with E-state index in [1.165, 1.54) is 0 Å². The average molecular weight is 128 g/mol. The highest BCUT2D eigenvalue weighted by Crippen LogP contribution is 2.17. The van der Waals surface area contributed by atoms with Crippen molar-refractivity contribution < 1.29 is 14.9 Å². The van der Waals surface area contributed by atoms with Gasteiger partial charge in [0, 0.05) is 6.00 Å². The molecule has 1 saturated heterocycles. The lowest BCUT2D eigenvalue weighted by molar-refractivity contribution is -0.00408. The SMILES string of the molecule is [B][C@H]1CC(O)[C@@H](CO)O1. The molecule has 0 aromatic heterocycles. The van der Waals surface area contributed by atoms with E-state index in [2.05, 4.69) is 0 Å². The van der Waals surface area contributed by atoms with Crippen LogP contribution in [0.15, 0.2) is 0 Å². The minimum atomic E-state index is -0.593. The summed E-state index contributed by atoms with van der Waals surface area (Å²) in [4.78, 5) is 0. The molecule has 0 aliphatic carbocycles. The first-order valence-corrected chi connectivity index (χ1v) is 2.94. The molecule has 0 spiro atoms. The van der Waals surface area contributed by atoms with E-state index < -0.39 is 18.2 Å². The first kappa shape index (κ1) is 7.06. The zero-order valence-corrected chi connectivity index (χ0v) is 5.03. The molecule has 1 aliphatic rings. The number of aliphatic hydroxyl groups is 2. The van der Waals surface area contributed by atoms with Crippen molar-refractivity contribution >= 4 is 7.85 Å². The summed E-state index contributed by atoms with van der Waals surface area (Å²) in [5.41, 5.74) is 0. The van der Waals surface area contributed by atoms with Crippen molar-refractivity contribution in [3.05, 3.63) is 0 Å². The van der Waals surface area contributed by atoms with Gasteiger partial charge in [-0.1, -0.05) is 0 Å². The van der Waals surface area contributed by atoms with Crippen LogP contribution in [0.5, 0.6) is 0 Å². The Hall–Kier alpha value is -0.0551. The van der Waals surface area contributed by atoms with Crippen LogP contribution in [-0.4, -0.2) is 42.9 Å². The van der Waals surface area contributed by atoms with E-state index in [0.717, 1.165) is 0 Å². The third kappa shape index (κ3) is 1.44. The van der Waals surface area contributed by atoms with Crippen molar-refractivity contribution in [2.45, 2.75) is 24.6 Å². The summed E-state index contributed by atoms with van der Waals surface area (Å²) in [6, 6.07) is -0.405. The van der Waals surface area contributed by atoms with Crippen LogP contribution in [0.3, 0.4) is 0 Å². The zero-order chi connectivity index (χ0) is 6.85. The summed E-state index contributed by atoms with van der Waals surface area (Å²) in [7, 11) is 5.30. The summed E-state index contributed by atoms with van der Waals surface area (Å²) in [6.45, 7) is -0.158. The lowest BCUT2D eigenvalue weighted by Crippen LogP contribution is -2.24. The molecular weight excluding hydrogens is 119 g/mol. The highest BCUT2D eigenvalue weighted by atomic mass is 16.5. The van der Waals surface area contributed by atoms with Gasteiger partial charge in [0.1, 0.15) is 14.0 Å². The van der Waals surface area contributed by atoms with E-state index in [0.29, 0.717) is 6.42 Å². The Kier molecular flexibility index (Phi) is 2.11. The lowest BCUT2D eigenvalue weighted by atomic mass is 9.96. The number of rotatable bonds is 1. The van der Waals surface area contributed by atoms with Gasteiger partial charge in [-0.2, -0.15) is 0 Å². The second-order valence-electron chi connectivity index (χ2n) is 2.20. The largest absolute Gasteiger partial charge is 0.394 e. The highest BCUT2D eigenvalue weighted by molar-refractivity contribution is 6.11. The van der Waals surface area contributed by atoms with Gasteiger partial charge in [-0.05, 0) is 6.42 Å². The van der Waals surface area contributed by atoms with Crippen LogP contribution in [0.25, 0.3) is 0 Å². The topological polar surface area (TPSA) is 49.7 Å². The maximum atomic E-state index is 8.99. The van der Waals surface area contributed by atoms with Gasteiger partial charge in [-0.15, -0.1) is 0 Å². The van der Waals surface area contributed by atoms with E-state index in [4.69, 9.17) is 22.8 Å². The van der Waals surface area contributed by atoms with E-state index in [1.807, 2.05) is 0 Å². The fourth-order valence-corrected chi connectivity index (χ4v) is 0.925. The average Bonchev–Trinajstić information content (AvgIpc) is 2.10. The van der Waals surface area contributed by atoms with E-state index >= 15 is 0 Å². The van der Waals surface area contributed by atoms with Crippen LogP contribution in [0.2, 0.25) is 0 Å². The smallest absolute Gasteiger partial charge is 0.109 e. The fraction of sp³-hybridized carbons (Fsp3) is 1.00. The minimum absolute atomic E-state index is 0.158. The molecule has 1 aliphatic heterocycles. The predicted octanol–water partition coefficient (Wildman–Crippen LogP) is -1.38. The van der Waals surface area contributed by atoms with Crippen molar-refractivity contribution in [3.63, 3.8) is 0 Å². The highest BCUT2D eigenvalue weighted by Gasteiger charge is 2.29. The zero-order valence-electron chi connectivity index (χ0n) is 5.03. The van der Waals surface area contributed by atoms with E-state index in [-0.39, 0.29) is 6.61 Å². The van der Waals surface area contributed by atoms with Crippen LogP contribution >= 0.6 is 0 Å². The molecule has 1 unspecified atom stereocenters. The van der Waals surface area contributed by atoms with Crippen molar-refractivity contribution in [1.82, 2.24) is 0 Å². The Morgan fingerprint density at radius 3 is 2.56 bits per heavy atom. The number of ether oxygens (including phenoxy) is 1. The molecule has 0 saturated carbocycles. The molecule has 0 bridgehead atoms. The van der Waals surface area contributed by atoms with E-state index in [1.54, 1.807) is 0 Å². The van der Waals surface area contributed by atoms with Gasteiger partial charge in [-0.3, -0.25) is 0 Å². The van der Waals surface area contributed by atoms with Crippen LogP contribution < -0.4 is 0 Å². The van der Waals surface area contributed by atoms with Crippen molar-refractivity contribution in [3.8, 4) is 0 Å². The normalized spacial score (nSPS) is 43.6. The van der Waals surface area contributed by atoms with Crippen LogP contribution in [0, 0.1) is 0 Å². The standard InChI is InChI=1S/C5H9BO3/c6-5-1-3(8)4(2-7)9-5/h3-5,7-8H,1-2H2/t3?,4-,5-/m1/s1. The van der Waals surface area contributed by atoms with Crippen molar-refractivity contribution in [2.24, 2.45) is 0 Å². The molecule has 0 amide bonds. The third-order valence-corrected chi connectivity index (χ3v) is 1.43. The number of aliphatic hydroxyl groups excluding tert-OH is 2. The van der Waals surface area contributed by atoms with Gasteiger partial charge in [-0.25, -0.2) is 0 Å². The van der Waals surface area contributed by atoms with E-state index in [9.17, 15) is 0 Å². The molecule has 2 N–H and O–H groups in total. The van der Waals surface area contributed by atoms with Gasteiger partial charge >= 0.3 is 0 Å². The first-order valence-electron chi connectivity index (χ1n) is 2.94. The number of hydrogen-bond donors (Lipinski definition) is 2. The summed E-state index contributed by atoms with van der Waals surface area (Å²) >= 11 is 0. The Bertz CT molecular complexity index is 98.2. The molecule has 0 aromatic rings.